The zero-order chi connectivity index (χ0) is 18.0. The van der Waals surface area contributed by atoms with Gasteiger partial charge in [-0.25, -0.2) is 0 Å². The first kappa shape index (κ1) is 16.9. The van der Waals surface area contributed by atoms with Crippen LogP contribution in [0.15, 0.2) is 48.5 Å². The Kier molecular flexibility index (Phi) is 4.65. The normalized spacial score (nSPS) is 13.3. The predicted molar refractivity (Wildman–Crippen MR) is 92.1 cm³/mol. The van der Waals surface area contributed by atoms with E-state index in [0.29, 0.717) is 17.0 Å². The minimum Gasteiger partial charge on any atom is -0.459 e. The molecule has 0 saturated carbocycles. The van der Waals surface area contributed by atoms with E-state index in [4.69, 9.17) is 4.74 Å². The van der Waals surface area contributed by atoms with Gasteiger partial charge in [0.05, 0.1) is 11.1 Å². The molecule has 2 aromatic carbocycles. The van der Waals surface area contributed by atoms with E-state index in [9.17, 15) is 14.4 Å². The molecule has 1 heterocycles. The summed E-state index contributed by atoms with van der Waals surface area (Å²) in [5.74, 6) is -1.09. The minimum atomic E-state index is -0.609. The molecule has 2 aromatic rings. The number of nitrogens with zero attached hydrogens (tertiary/aromatic N) is 1. The SMILES string of the molecule is CC(C)c1ccc(COC(=O)CN2C(=O)c3ccccc3C2=O)cc1. The van der Waals surface area contributed by atoms with Crippen LogP contribution in [0.25, 0.3) is 0 Å². The van der Waals surface area contributed by atoms with E-state index in [1.54, 1.807) is 24.3 Å². The largest absolute Gasteiger partial charge is 0.459 e. The fraction of sp³-hybridized carbons (Fsp3) is 0.250. The molecule has 0 N–H and O–H groups in total. The van der Waals surface area contributed by atoms with Crippen molar-refractivity contribution in [1.82, 2.24) is 4.90 Å². The number of esters is 1. The van der Waals surface area contributed by atoms with Crippen molar-refractivity contribution in [3.8, 4) is 0 Å². The van der Waals surface area contributed by atoms with Gasteiger partial charge in [-0.1, -0.05) is 50.2 Å². The van der Waals surface area contributed by atoms with Crippen molar-refractivity contribution < 1.29 is 19.1 Å². The van der Waals surface area contributed by atoms with Crippen LogP contribution in [-0.4, -0.2) is 29.2 Å². The van der Waals surface area contributed by atoms with Crippen molar-refractivity contribution in [2.75, 3.05) is 6.54 Å². The van der Waals surface area contributed by atoms with Crippen LogP contribution in [0.2, 0.25) is 0 Å². The maximum atomic E-state index is 12.2. The van der Waals surface area contributed by atoms with Crippen LogP contribution < -0.4 is 0 Å². The van der Waals surface area contributed by atoms with Gasteiger partial charge in [-0.3, -0.25) is 19.3 Å². The van der Waals surface area contributed by atoms with Gasteiger partial charge in [-0.2, -0.15) is 0 Å². The Morgan fingerprint density at radius 1 is 0.960 bits per heavy atom. The Bertz CT molecular complexity index is 789. The van der Waals surface area contributed by atoms with Crippen LogP contribution >= 0.6 is 0 Å². The highest BCUT2D eigenvalue weighted by Crippen LogP contribution is 2.22. The Balaban J connectivity index is 1.58. The lowest BCUT2D eigenvalue weighted by atomic mass is 10.0. The maximum absolute atomic E-state index is 12.2. The van der Waals surface area contributed by atoms with Crippen molar-refractivity contribution in [3.05, 3.63) is 70.8 Å². The van der Waals surface area contributed by atoms with Gasteiger partial charge in [0, 0.05) is 0 Å². The third-order valence-corrected chi connectivity index (χ3v) is 4.21. The average molecular weight is 337 g/mol. The van der Waals surface area contributed by atoms with E-state index in [2.05, 4.69) is 13.8 Å². The predicted octanol–water partition coefficient (Wildman–Crippen LogP) is 3.15. The van der Waals surface area contributed by atoms with Crippen molar-refractivity contribution in [2.45, 2.75) is 26.4 Å². The van der Waals surface area contributed by atoms with Crippen LogP contribution in [-0.2, 0) is 16.1 Å². The molecule has 128 valence electrons. The molecule has 0 spiro atoms. The first-order valence-electron chi connectivity index (χ1n) is 8.17. The zero-order valence-electron chi connectivity index (χ0n) is 14.2. The molecule has 0 bridgehead atoms. The first-order valence-corrected chi connectivity index (χ1v) is 8.17. The lowest BCUT2D eigenvalue weighted by Crippen LogP contribution is -2.35. The molecule has 5 heteroatoms. The molecule has 0 aliphatic carbocycles. The van der Waals surface area contributed by atoms with E-state index in [0.717, 1.165) is 10.5 Å². The molecule has 3 rings (SSSR count). The molecule has 0 atom stereocenters. The molecular formula is C20H19NO4. The molecule has 0 radical (unpaired) electrons. The summed E-state index contributed by atoms with van der Waals surface area (Å²) in [5, 5.41) is 0. The number of carbonyl (C=O) groups is 3. The highest BCUT2D eigenvalue weighted by molar-refractivity contribution is 6.22. The van der Waals surface area contributed by atoms with Crippen LogP contribution in [0.1, 0.15) is 51.6 Å². The van der Waals surface area contributed by atoms with E-state index in [1.807, 2.05) is 24.3 Å². The number of rotatable bonds is 5. The average Bonchev–Trinajstić information content (AvgIpc) is 2.86. The summed E-state index contributed by atoms with van der Waals surface area (Å²) in [7, 11) is 0. The first-order chi connectivity index (χ1) is 12.0. The quantitative estimate of drug-likeness (QED) is 0.621. The molecule has 0 unspecified atom stereocenters. The number of hydrogen-bond donors (Lipinski definition) is 0. The van der Waals surface area contributed by atoms with Gasteiger partial charge in [0.15, 0.2) is 0 Å². The summed E-state index contributed by atoms with van der Waals surface area (Å²) < 4.78 is 5.20. The number of benzene rings is 2. The van der Waals surface area contributed by atoms with Crippen molar-refractivity contribution in [2.24, 2.45) is 0 Å². The highest BCUT2D eigenvalue weighted by Gasteiger charge is 2.36. The Hall–Kier alpha value is -2.95. The third-order valence-electron chi connectivity index (χ3n) is 4.21. The summed E-state index contributed by atoms with van der Waals surface area (Å²) in [5.41, 5.74) is 2.72. The number of hydrogen-bond acceptors (Lipinski definition) is 4. The lowest BCUT2D eigenvalue weighted by Gasteiger charge is -2.13. The second-order valence-corrected chi connectivity index (χ2v) is 6.30. The highest BCUT2D eigenvalue weighted by atomic mass is 16.5. The number of carbonyl (C=O) groups excluding carboxylic acids is 3. The lowest BCUT2D eigenvalue weighted by molar-refractivity contribution is -0.145. The van der Waals surface area contributed by atoms with Crippen molar-refractivity contribution >= 4 is 17.8 Å². The summed E-state index contributed by atoms with van der Waals surface area (Å²) >= 11 is 0. The smallest absolute Gasteiger partial charge is 0.326 e. The molecular weight excluding hydrogens is 318 g/mol. The number of imide groups is 1. The standard InChI is InChI=1S/C20H19NO4/c1-13(2)15-9-7-14(8-10-15)12-25-18(22)11-21-19(23)16-5-3-4-6-17(16)20(21)24/h3-10,13H,11-12H2,1-2H3. The molecule has 1 aliphatic heterocycles. The van der Waals surface area contributed by atoms with Crippen LogP contribution in [0.4, 0.5) is 0 Å². The number of ether oxygens (including phenoxy) is 1. The van der Waals surface area contributed by atoms with Crippen molar-refractivity contribution in [1.29, 1.82) is 0 Å². The molecule has 0 fully saturated rings. The molecule has 2 amide bonds. The monoisotopic (exact) mass is 337 g/mol. The topological polar surface area (TPSA) is 63.7 Å². The van der Waals surface area contributed by atoms with E-state index < -0.39 is 17.8 Å². The molecule has 25 heavy (non-hydrogen) atoms. The number of fused-ring (bicyclic) bond motifs is 1. The molecule has 5 nitrogen and oxygen atoms in total. The minimum absolute atomic E-state index is 0.111. The Morgan fingerprint density at radius 2 is 1.52 bits per heavy atom. The third kappa shape index (κ3) is 3.45. The fourth-order valence-corrected chi connectivity index (χ4v) is 2.72. The van der Waals surface area contributed by atoms with E-state index >= 15 is 0 Å². The van der Waals surface area contributed by atoms with Crippen LogP contribution in [0.5, 0.6) is 0 Å². The molecule has 0 saturated heterocycles. The summed E-state index contributed by atoms with van der Waals surface area (Å²) in [6.45, 7) is 3.95. The Labute approximate surface area is 146 Å². The van der Waals surface area contributed by atoms with Gasteiger partial charge in [0.1, 0.15) is 13.2 Å². The fourth-order valence-electron chi connectivity index (χ4n) is 2.72. The van der Waals surface area contributed by atoms with Gasteiger partial charge in [-0.05, 0) is 29.2 Å². The van der Waals surface area contributed by atoms with Gasteiger partial charge in [0.2, 0.25) is 0 Å². The summed E-state index contributed by atoms with van der Waals surface area (Å²) in [4.78, 5) is 37.4. The zero-order valence-corrected chi connectivity index (χ0v) is 14.2. The van der Waals surface area contributed by atoms with Crippen LogP contribution in [0.3, 0.4) is 0 Å². The second kappa shape index (κ2) is 6.89. The summed E-state index contributed by atoms with van der Waals surface area (Å²) in [6.07, 6.45) is 0. The second-order valence-electron chi connectivity index (χ2n) is 6.30. The van der Waals surface area contributed by atoms with Crippen molar-refractivity contribution in [3.63, 3.8) is 0 Å². The van der Waals surface area contributed by atoms with Gasteiger partial charge >= 0.3 is 5.97 Å². The van der Waals surface area contributed by atoms with E-state index in [1.165, 1.54) is 5.56 Å². The van der Waals surface area contributed by atoms with Gasteiger partial charge in [-0.15, -0.1) is 0 Å². The summed E-state index contributed by atoms with van der Waals surface area (Å²) in [6, 6.07) is 14.3. The van der Waals surface area contributed by atoms with Gasteiger partial charge < -0.3 is 4.74 Å². The Morgan fingerprint density at radius 3 is 2.04 bits per heavy atom. The van der Waals surface area contributed by atoms with E-state index in [-0.39, 0.29) is 13.2 Å². The number of amides is 2. The maximum Gasteiger partial charge on any atom is 0.326 e. The van der Waals surface area contributed by atoms with Crippen LogP contribution in [0, 0.1) is 0 Å². The van der Waals surface area contributed by atoms with Gasteiger partial charge in [0.25, 0.3) is 11.8 Å². The molecule has 1 aliphatic rings. The molecule has 0 aromatic heterocycles.